The SMILES string of the molecule is O=C1c2cccc(-n3c4ccccc4c4cc(-c5ccc(C(F)(F)F)cc5C(F)(F)F)ccc43)c2C(=O)N1c1cccc(-c2ccccc2)c1. The number of amides is 2. The molecule has 0 radical (unpaired) electrons. The summed E-state index contributed by atoms with van der Waals surface area (Å²) in [5, 5.41) is 1.14. The van der Waals surface area contributed by atoms with E-state index in [9.17, 15) is 35.9 Å². The van der Waals surface area contributed by atoms with Crippen LogP contribution >= 0.6 is 0 Å². The number of rotatable bonds is 4. The standard InChI is InChI=1S/C40H22F6N2O2/c41-39(42,43)26-17-18-28(32(22-26)40(44,45)46)25-16-19-34-31(21-25)29-12-4-5-14-33(29)48(34)35-15-7-13-30-36(35)38(50)47(37(30)49)27-11-6-10-24(20-27)23-8-2-1-3-9-23/h1-22H. The van der Waals surface area contributed by atoms with E-state index in [1.165, 1.54) is 12.1 Å². The average molecular weight is 677 g/mol. The first-order valence-electron chi connectivity index (χ1n) is 15.4. The van der Waals surface area contributed by atoms with Gasteiger partial charge in [-0.25, -0.2) is 4.90 Å². The van der Waals surface area contributed by atoms with Gasteiger partial charge in [0.25, 0.3) is 11.8 Å². The van der Waals surface area contributed by atoms with Crippen LogP contribution < -0.4 is 4.90 Å². The molecule has 1 aliphatic rings. The van der Waals surface area contributed by atoms with Gasteiger partial charge in [0.15, 0.2) is 0 Å². The van der Waals surface area contributed by atoms with E-state index in [2.05, 4.69) is 0 Å². The minimum Gasteiger partial charge on any atom is -0.308 e. The van der Waals surface area contributed by atoms with E-state index in [4.69, 9.17) is 0 Å². The predicted molar refractivity (Wildman–Crippen MR) is 179 cm³/mol. The topological polar surface area (TPSA) is 42.3 Å². The average Bonchev–Trinajstić information content (AvgIpc) is 3.58. The number of imide groups is 1. The van der Waals surface area contributed by atoms with E-state index < -0.39 is 40.9 Å². The smallest absolute Gasteiger partial charge is 0.308 e. The minimum absolute atomic E-state index is 0.0653. The molecule has 8 rings (SSSR count). The monoisotopic (exact) mass is 676 g/mol. The van der Waals surface area contributed by atoms with Gasteiger partial charge < -0.3 is 4.57 Å². The fraction of sp³-hybridized carbons (Fsp3) is 0.0500. The van der Waals surface area contributed by atoms with Crippen LogP contribution in [0.15, 0.2) is 133 Å². The number of anilines is 1. The number of nitrogens with zero attached hydrogens (tertiary/aromatic N) is 2. The van der Waals surface area contributed by atoms with E-state index in [0.29, 0.717) is 39.2 Å². The summed E-state index contributed by atoms with van der Waals surface area (Å²) in [7, 11) is 0. The van der Waals surface area contributed by atoms with Crippen LogP contribution in [0.1, 0.15) is 31.8 Å². The molecule has 0 spiro atoms. The number of carbonyl (C=O) groups excluding carboxylic acids is 2. The van der Waals surface area contributed by atoms with Gasteiger partial charge in [0.2, 0.25) is 0 Å². The van der Waals surface area contributed by atoms with Gasteiger partial charge in [0, 0.05) is 10.8 Å². The number of fused-ring (bicyclic) bond motifs is 4. The van der Waals surface area contributed by atoms with Gasteiger partial charge in [0.1, 0.15) is 0 Å². The Labute approximate surface area is 280 Å². The van der Waals surface area contributed by atoms with Crippen LogP contribution in [0.25, 0.3) is 49.7 Å². The lowest BCUT2D eigenvalue weighted by atomic mass is 9.95. The molecule has 0 atom stereocenters. The third-order valence-corrected chi connectivity index (χ3v) is 8.98. The van der Waals surface area contributed by atoms with Crippen molar-refractivity contribution < 1.29 is 35.9 Å². The molecule has 0 bridgehead atoms. The highest BCUT2D eigenvalue weighted by atomic mass is 19.4. The van der Waals surface area contributed by atoms with Crippen LogP contribution in [0.3, 0.4) is 0 Å². The van der Waals surface area contributed by atoms with Crippen molar-refractivity contribution in [2.45, 2.75) is 12.4 Å². The molecule has 246 valence electrons. The number of alkyl halides is 6. The second kappa shape index (κ2) is 11.2. The van der Waals surface area contributed by atoms with Crippen molar-refractivity contribution in [1.29, 1.82) is 0 Å². The normalized spacial score (nSPS) is 13.4. The third kappa shape index (κ3) is 4.94. The molecule has 0 unspecified atom stereocenters. The summed E-state index contributed by atoms with van der Waals surface area (Å²) < 4.78 is 84.3. The van der Waals surface area contributed by atoms with Crippen LogP contribution in [0.4, 0.5) is 32.0 Å². The Balaban J connectivity index is 1.28. The summed E-state index contributed by atoms with van der Waals surface area (Å²) >= 11 is 0. The molecule has 0 fully saturated rings. The third-order valence-electron chi connectivity index (χ3n) is 8.98. The zero-order valence-corrected chi connectivity index (χ0v) is 25.7. The Morgan fingerprint density at radius 1 is 0.480 bits per heavy atom. The molecule has 2 amide bonds. The summed E-state index contributed by atoms with van der Waals surface area (Å²) in [6.45, 7) is 0. The van der Waals surface area contributed by atoms with E-state index in [0.717, 1.165) is 22.1 Å². The largest absolute Gasteiger partial charge is 0.417 e. The van der Waals surface area contributed by atoms with E-state index in [1.54, 1.807) is 71.3 Å². The van der Waals surface area contributed by atoms with Gasteiger partial charge in [-0.1, -0.05) is 78.9 Å². The van der Waals surface area contributed by atoms with Crippen LogP contribution in [-0.2, 0) is 12.4 Å². The van der Waals surface area contributed by atoms with Gasteiger partial charge in [-0.3, -0.25) is 9.59 Å². The molecule has 0 aliphatic carbocycles. The van der Waals surface area contributed by atoms with Gasteiger partial charge >= 0.3 is 12.4 Å². The summed E-state index contributed by atoms with van der Waals surface area (Å²) in [5.74, 6) is -1.03. The minimum atomic E-state index is -5.05. The maximum atomic E-state index is 14.2. The molecule has 7 aromatic rings. The Kier molecular flexibility index (Phi) is 6.97. The number of halogens is 6. The maximum absolute atomic E-state index is 14.2. The van der Waals surface area contributed by atoms with Crippen molar-refractivity contribution >= 4 is 39.3 Å². The molecular formula is C40H22F6N2O2. The highest BCUT2D eigenvalue weighted by Gasteiger charge is 2.40. The van der Waals surface area contributed by atoms with Crippen LogP contribution in [0, 0.1) is 0 Å². The summed E-state index contributed by atoms with van der Waals surface area (Å²) in [6.07, 6.45) is -10.0. The molecule has 0 saturated carbocycles. The van der Waals surface area contributed by atoms with Crippen molar-refractivity contribution in [1.82, 2.24) is 4.57 Å². The number of hydrogen-bond acceptors (Lipinski definition) is 2. The molecule has 0 N–H and O–H groups in total. The lowest BCUT2D eigenvalue weighted by Gasteiger charge is -2.17. The zero-order valence-electron chi connectivity index (χ0n) is 25.7. The van der Waals surface area contributed by atoms with E-state index in [1.807, 2.05) is 36.4 Å². The Bertz CT molecular complexity index is 2510. The molecule has 6 aromatic carbocycles. The van der Waals surface area contributed by atoms with Gasteiger partial charge in [-0.15, -0.1) is 0 Å². The number of para-hydroxylation sites is 1. The van der Waals surface area contributed by atoms with Crippen LogP contribution in [0.2, 0.25) is 0 Å². The molecule has 2 heterocycles. The first kappa shape index (κ1) is 31.1. The summed E-state index contributed by atoms with van der Waals surface area (Å²) in [6, 6.07) is 34.8. The number of hydrogen-bond donors (Lipinski definition) is 0. The zero-order chi connectivity index (χ0) is 34.9. The number of benzene rings is 6. The fourth-order valence-corrected chi connectivity index (χ4v) is 6.75. The summed E-state index contributed by atoms with van der Waals surface area (Å²) in [4.78, 5) is 29.2. The molecule has 0 saturated heterocycles. The fourth-order valence-electron chi connectivity index (χ4n) is 6.75. The van der Waals surface area contributed by atoms with Crippen molar-refractivity contribution in [3.05, 3.63) is 156 Å². The number of aromatic nitrogens is 1. The Hall–Kier alpha value is -6.16. The van der Waals surface area contributed by atoms with Crippen molar-refractivity contribution in [2.75, 3.05) is 4.90 Å². The second-order valence-electron chi connectivity index (χ2n) is 11.9. The highest BCUT2D eigenvalue weighted by Crippen LogP contribution is 2.43. The molecule has 50 heavy (non-hydrogen) atoms. The second-order valence-corrected chi connectivity index (χ2v) is 11.9. The van der Waals surface area contributed by atoms with Gasteiger partial charge in [-0.05, 0) is 76.9 Å². The summed E-state index contributed by atoms with van der Waals surface area (Å²) in [5.41, 5.74) is 0.871. The van der Waals surface area contributed by atoms with Crippen molar-refractivity contribution in [3.8, 4) is 27.9 Å². The molecular weight excluding hydrogens is 654 g/mol. The van der Waals surface area contributed by atoms with Crippen molar-refractivity contribution in [2.24, 2.45) is 0 Å². The lowest BCUT2D eigenvalue weighted by molar-refractivity contribution is -0.142. The Morgan fingerprint density at radius 3 is 1.94 bits per heavy atom. The van der Waals surface area contributed by atoms with Gasteiger partial charge in [0.05, 0.1) is 44.7 Å². The predicted octanol–water partition coefficient (Wildman–Crippen LogP) is 11.0. The van der Waals surface area contributed by atoms with Crippen LogP contribution in [-0.4, -0.2) is 16.4 Å². The molecule has 10 heteroatoms. The van der Waals surface area contributed by atoms with Crippen LogP contribution in [0.5, 0.6) is 0 Å². The maximum Gasteiger partial charge on any atom is 0.417 e. The first-order chi connectivity index (χ1) is 23.9. The van der Waals surface area contributed by atoms with E-state index in [-0.39, 0.29) is 22.8 Å². The number of carbonyl (C=O) groups is 2. The molecule has 1 aromatic heterocycles. The molecule has 1 aliphatic heterocycles. The quantitative estimate of drug-likeness (QED) is 0.138. The highest BCUT2D eigenvalue weighted by molar-refractivity contribution is 6.36. The Morgan fingerprint density at radius 2 is 1.18 bits per heavy atom. The van der Waals surface area contributed by atoms with E-state index >= 15 is 0 Å². The molecule has 4 nitrogen and oxygen atoms in total. The first-order valence-corrected chi connectivity index (χ1v) is 15.4. The lowest BCUT2D eigenvalue weighted by Crippen LogP contribution is -2.29. The van der Waals surface area contributed by atoms with Crippen molar-refractivity contribution in [3.63, 3.8) is 0 Å². The van der Waals surface area contributed by atoms with Gasteiger partial charge in [-0.2, -0.15) is 26.3 Å².